The largest absolute Gasteiger partial charge is 0.465 e. The molecular weight excluding hydrogens is 266 g/mol. The molecule has 0 spiro atoms. The van der Waals surface area contributed by atoms with Crippen molar-refractivity contribution in [3.8, 4) is 0 Å². The van der Waals surface area contributed by atoms with Crippen LogP contribution in [-0.2, 0) is 4.74 Å². The van der Waals surface area contributed by atoms with Crippen molar-refractivity contribution in [1.82, 2.24) is 4.98 Å². The highest BCUT2D eigenvalue weighted by molar-refractivity contribution is 5.95. The van der Waals surface area contributed by atoms with Gasteiger partial charge in [0.25, 0.3) is 0 Å². The third-order valence-corrected chi connectivity index (χ3v) is 3.89. The van der Waals surface area contributed by atoms with Crippen LogP contribution in [-0.4, -0.2) is 30.6 Å². The third-order valence-electron chi connectivity index (χ3n) is 3.89. The number of carbonyl (C=O) groups excluding carboxylic acids is 1. The smallest absolute Gasteiger partial charge is 0.341 e. The number of carbonyl (C=O) groups is 1. The van der Waals surface area contributed by atoms with Crippen LogP contribution in [0.2, 0.25) is 0 Å². The zero-order chi connectivity index (χ0) is 15.4. The molecule has 0 radical (unpaired) electrons. The summed E-state index contributed by atoms with van der Waals surface area (Å²) in [7, 11) is 1.39. The Balaban J connectivity index is 2.40. The van der Waals surface area contributed by atoms with Gasteiger partial charge in [0.2, 0.25) is 0 Å². The van der Waals surface area contributed by atoms with E-state index >= 15 is 0 Å². The summed E-state index contributed by atoms with van der Waals surface area (Å²) in [4.78, 5) is 18.8. The van der Waals surface area contributed by atoms with E-state index in [9.17, 15) is 4.79 Å². The topological polar surface area (TPSA) is 68.5 Å². The Morgan fingerprint density at radius 1 is 1.48 bits per heavy atom. The SMILES string of the molecule is COC(=O)c1cc(N)cnc1N(CC(C)C)C1CCCC1. The average molecular weight is 291 g/mol. The standard InChI is InChI=1S/C16H25N3O2/c1-11(2)10-19(13-6-4-5-7-13)15-14(16(20)21-3)8-12(17)9-18-15/h8-9,11,13H,4-7,10,17H2,1-3H3. The van der Waals surface area contributed by atoms with Crippen molar-refractivity contribution in [1.29, 1.82) is 0 Å². The number of hydrogen-bond acceptors (Lipinski definition) is 5. The van der Waals surface area contributed by atoms with Gasteiger partial charge in [0.05, 0.1) is 19.0 Å². The highest BCUT2D eigenvalue weighted by Crippen LogP contribution is 2.31. The number of methoxy groups -OCH3 is 1. The van der Waals surface area contributed by atoms with Gasteiger partial charge in [-0.1, -0.05) is 26.7 Å². The summed E-state index contributed by atoms with van der Waals surface area (Å²) in [6, 6.07) is 2.11. The number of rotatable bonds is 5. The molecule has 5 heteroatoms. The van der Waals surface area contributed by atoms with Crippen molar-refractivity contribution in [2.45, 2.75) is 45.6 Å². The van der Waals surface area contributed by atoms with Gasteiger partial charge in [0, 0.05) is 12.6 Å². The predicted molar refractivity (Wildman–Crippen MR) is 84.4 cm³/mol. The maximum Gasteiger partial charge on any atom is 0.341 e. The highest BCUT2D eigenvalue weighted by atomic mass is 16.5. The summed E-state index contributed by atoms with van der Waals surface area (Å²) in [5.74, 6) is 0.823. The van der Waals surface area contributed by atoms with E-state index in [1.54, 1.807) is 12.3 Å². The predicted octanol–water partition coefficient (Wildman–Crippen LogP) is 2.86. The molecule has 0 amide bonds. The quantitative estimate of drug-likeness (QED) is 0.845. The van der Waals surface area contributed by atoms with Gasteiger partial charge in [-0.3, -0.25) is 0 Å². The van der Waals surface area contributed by atoms with Crippen LogP contribution < -0.4 is 10.6 Å². The molecule has 2 N–H and O–H groups in total. The van der Waals surface area contributed by atoms with E-state index in [0.29, 0.717) is 29.0 Å². The van der Waals surface area contributed by atoms with Gasteiger partial charge in [0.15, 0.2) is 0 Å². The van der Waals surface area contributed by atoms with Crippen molar-refractivity contribution < 1.29 is 9.53 Å². The first-order valence-corrected chi connectivity index (χ1v) is 7.63. The van der Waals surface area contributed by atoms with Crippen molar-refractivity contribution >= 4 is 17.5 Å². The first kappa shape index (κ1) is 15.6. The molecule has 116 valence electrons. The van der Waals surface area contributed by atoms with Gasteiger partial charge >= 0.3 is 5.97 Å². The molecule has 0 atom stereocenters. The Morgan fingerprint density at radius 3 is 2.71 bits per heavy atom. The van der Waals surface area contributed by atoms with Gasteiger partial charge in [-0.05, 0) is 24.8 Å². The van der Waals surface area contributed by atoms with Crippen LogP contribution >= 0.6 is 0 Å². The zero-order valence-corrected chi connectivity index (χ0v) is 13.1. The lowest BCUT2D eigenvalue weighted by atomic mass is 10.1. The minimum absolute atomic E-state index is 0.378. The molecule has 0 aliphatic heterocycles. The van der Waals surface area contributed by atoms with Crippen molar-refractivity contribution in [3.05, 3.63) is 17.8 Å². The van der Waals surface area contributed by atoms with Gasteiger partial charge in [-0.25, -0.2) is 9.78 Å². The lowest BCUT2D eigenvalue weighted by Gasteiger charge is -2.32. The Labute approximate surface area is 126 Å². The van der Waals surface area contributed by atoms with Crippen molar-refractivity contribution in [2.75, 3.05) is 24.3 Å². The molecule has 1 fully saturated rings. The average Bonchev–Trinajstić information content (AvgIpc) is 2.98. The van der Waals surface area contributed by atoms with Gasteiger partial charge in [0.1, 0.15) is 11.4 Å². The van der Waals surface area contributed by atoms with E-state index in [1.807, 2.05) is 0 Å². The normalized spacial score (nSPS) is 15.4. The maximum absolute atomic E-state index is 12.0. The van der Waals surface area contributed by atoms with E-state index < -0.39 is 0 Å². The Morgan fingerprint density at radius 2 is 2.14 bits per heavy atom. The van der Waals surface area contributed by atoms with Crippen LogP contribution in [0.1, 0.15) is 49.9 Å². The van der Waals surface area contributed by atoms with Gasteiger partial charge < -0.3 is 15.4 Å². The molecule has 0 saturated heterocycles. The number of nitrogen functional groups attached to an aromatic ring is 1. The summed E-state index contributed by atoms with van der Waals surface area (Å²) < 4.78 is 4.89. The zero-order valence-electron chi connectivity index (χ0n) is 13.1. The van der Waals surface area contributed by atoms with Crippen molar-refractivity contribution in [3.63, 3.8) is 0 Å². The molecule has 2 rings (SSSR count). The fourth-order valence-corrected chi connectivity index (χ4v) is 2.98. The molecule has 0 bridgehead atoms. The monoisotopic (exact) mass is 291 g/mol. The van der Waals surface area contributed by atoms with Gasteiger partial charge in [-0.2, -0.15) is 0 Å². The molecule has 21 heavy (non-hydrogen) atoms. The van der Waals surface area contributed by atoms with E-state index in [2.05, 4.69) is 23.7 Å². The number of pyridine rings is 1. The Hall–Kier alpha value is -1.78. The van der Waals surface area contributed by atoms with E-state index in [1.165, 1.54) is 20.0 Å². The molecule has 5 nitrogen and oxygen atoms in total. The summed E-state index contributed by atoms with van der Waals surface area (Å²) in [6.07, 6.45) is 6.40. The second-order valence-electron chi connectivity index (χ2n) is 6.12. The Bertz CT molecular complexity index is 496. The molecule has 0 aromatic carbocycles. The number of hydrogen-bond donors (Lipinski definition) is 1. The second kappa shape index (κ2) is 6.78. The Kier molecular flexibility index (Phi) is 5.04. The molecule has 1 aromatic rings. The fraction of sp³-hybridized carbons (Fsp3) is 0.625. The fourth-order valence-electron chi connectivity index (χ4n) is 2.98. The van der Waals surface area contributed by atoms with Crippen molar-refractivity contribution in [2.24, 2.45) is 5.92 Å². The van der Waals surface area contributed by atoms with Crippen LogP contribution in [0.3, 0.4) is 0 Å². The number of aromatic nitrogens is 1. The summed E-state index contributed by atoms with van der Waals surface area (Å²) >= 11 is 0. The number of nitrogens with zero attached hydrogens (tertiary/aromatic N) is 2. The lowest BCUT2D eigenvalue weighted by Crippen LogP contribution is -2.38. The van der Waals surface area contributed by atoms with E-state index in [-0.39, 0.29) is 5.97 Å². The van der Waals surface area contributed by atoms with Crippen LogP contribution in [0.25, 0.3) is 0 Å². The van der Waals surface area contributed by atoms with Gasteiger partial charge in [-0.15, -0.1) is 0 Å². The highest BCUT2D eigenvalue weighted by Gasteiger charge is 2.28. The lowest BCUT2D eigenvalue weighted by molar-refractivity contribution is 0.0601. The number of nitrogens with two attached hydrogens (primary N) is 1. The summed E-state index contributed by atoms with van der Waals surface area (Å²) in [5, 5.41) is 0. The minimum Gasteiger partial charge on any atom is -0.465 e. The first-order chi connectivity index (χ1) is 10.0. The summed E-state index contributed by atoms with van der Waals surface area (Å²) in [5.41, 5.74) is 6.73. The molecule has 1 heterocycles. The third kappa shape index (κ3) is 3.65. The molecule has 1 aliphatic rings. The van der Waals surface area contributed by atoms with Crippen LogP contribution in [0.4, 0.5) is 11.5 Å². The van der Waals surface area contributed by atoms with Crippen LogP contribution in [0, 0.1) is 5.92 Å². The first-order valence-electron chi connectivity index (χ1n) is 7.63. The number of esters is 1. The van der Waals surface area contributed by atoms with Crippen LogP contribution in [0.15, 0.2) is 12.3 Å². The number of anilines is 2. The second-order valence-corrected chi connectivity index (χ2v) is 6.12. The van der Waals surface area contributed by atoms with E-state index in [4.69, 9.17) is 10.5 Å². The molecule has 1 aliphatic carbocycles. The molecule has 1 aromatic heterocycles. The maximum atomic E-state index is 12.0. The molecular formula is C16H25N3O2. The number of ether oxygens (including phenoxy) is 1. The van der Waals surface area contributed by atoms with Crippen LogP contribution in [0.5, 0.6) is 0 Å². The summed E-state index contributed by atoms with van der Waals surface area (Å²) in [6.45, 7) is 5.24. The van der Waals surface area contributed by atoms with E-state index in [0.717, 1.165) is 19.4 Å². The molecule has 1 saturated carbocycles. The molecule has 0 unspecified atom stereocenters. The minimum atomic E-state index is -0.378.